The zero-order chi connectivity index (χ0) is 18.2. The molecule has 2 aromatic rings. The maximum atomic E-state index is 13.5. The molecule has 0 radical (unpaired) electrons. The van der Waals surface area contributed by atoms with Gasteiger partial charge in [-0.3, -0.25) is 0 Å². The Morgan fingerprint density at radius 3 is 2.72 bits per heavy atom. The molecule has 0 saturated carbocycles. The summed E-state index contributed by atoms with van der Waals surface area (Å²) in [6, 6.07) is 8.39. The number of nitrogens with two attached hydrogens (primary N) is 1. The van der Waals surface area contributed by atoms with Crippen molar-refractivity contribution in [1.82, 2.24) is 0 Å². The number of nitrogens with one attached hydrogen (secondary N) is 1. The van der Waals surface area contributed by atoms with E-state index < -0.39 is 16.0 Å². The molecule has 0 aliphatic heterocycles. The standard InChI is InChI=1S/C17H17FN2O4S/c1-24-17(21)14-9-12(25(19,22)23)5-7-16(14)20-15-6-3-10-2-4-11(18)8-13(10)15/h2,4-5,7-9,15,20H,3,6H2,1H3,(H2,19,22,23). The van der Waals surface area contributed by atoms with Gasteiger partial charge in [0, 0.05) is 5.69 Å². The van der Waals surface area contributed by atoms with E-state index in [2.05, 4.69) is 5.32 Å². The van der Waals surface area contributed by atoms with Gasteiger partial charge in [-0.05, 0) is 54.3 Å². The summed E-state index contributed by atoms with van der Waals surface area (Å²) in [5, 5.41) is 8.30. The number of hydrogen-bond donors (Lipinski definition) is 2. The molecule has 1 unspecified atom stereocenters. The van der Waals surface area contributed by atoms with E-state index in [0.717, 1.165) is 24.0 Å². The van der Waals surface area contributed by atoms with Gasteiger partial charge in [0.25, 0.3) is 0 Å². The molecule has 132 valence electrons. The van der Waals surface area contributed by atoms with Crippen LogP contribution in [0.2, 0.25) is 0 Å². The largest absolute Gasteiger partial charge is 0.465 e. The third-order valence-corrected chi connectivity index (χ3v) is 5.15. The number of aryl methyl sites for hydroxylation is 1. The molecule has 0 fully saturated rings. The number of fused-ring (bicyclic) bond motifs is 1. The fourth-order valence-electron chi connectivity index (χ4n) is 3.02. The second-order valence-corrected chi connectivity index (χ2v) is 7.38. The summed E-state index contributed by atoms with van der Waals surface area (Å²) in [5.74, 6) is -1.02. The Kier molecular flexibility index (Phi) is 4.49. The maximum absolute atomic E-state index is 13.5. The molecule has 0 amide bonds. The second kappa shape index (κ2) is 6.45. The highest BCUT2D eigenvalue weighted by molar-refractivity contribution is 7.89. The lowest BCUT2D eigenvalue weighted by Crippen LogP contribution is -2.16. The summed E-state index contributed by atoms with van der Waals surface area (Å²) in [6.07, 6.45) is 1.52. The Bertz CT molecular complexity index is 944. The topological polar surface area (TPSA) is 98.5 Å². The number of rotatable bonds is 4. The first kappa shape index (κ1) is 17.4. The predicted molar refractivity (Wildman–Crippen MR) is 90.2 cm³/mol. The molecular formula is C17H17FN2O4S. The van der Waals surface area contributed by atoms with Gasteiger partial charge < -0.3 is 10.1 Å². The molecule has 0 saturated heterocycles. The zero-order valence-electron chi connectivity index (χ0n) is 13.5. The second-order valence-electron chi connectivity index (χ2n) is 5.82. The zero-order valence-corrected chi connectivity index (χ0v) is 14.3. The van der Waals surface area contributed by atoms with E-state index in [1.807, 2.05) is 0 Å². The van der Waals surface area contributed by atoms with E-state index in [1.54, 1.807) is 6.07 Å². The summed E-state index contributed by atoms with van der Waals surface area (Å²) < 4.78 is 41.3. The van der Waals surface area contributed by atoms with E-state index in [0.29, 0.717) is 5.69 Å². The molecule has 0 spiro atoms. The molecule has 8 heteroatoms. The van der Waals surface area contributed by atoms with Crippen LogP contribution in [0.1, 0.15) is 33.9 Å². The lowest BCUT2D eigenvalue weighted by atomic mass is 10.1. The number of anilines is 1. The normalized spacial score (nSPS) is 16.4. The Labute approximate surface area is 144 Å². The van der Waals surface area contributed by atoms with Crippen LogP contribution in [0.15, 0.2) is 41.3 Å². The van der Waals surface area contributed by atoms with Crippen molar-refractivity contribution in [3.05, 3.63) is 58.9 Å². The summed E-state index contributed by atoms with van der Waals surface area (Å²) in [6.45, 7) is 0. The van der Waals surface area contributed by atoms with Crippen LogP contribution in [0, 0.1) is 5.82 Å². The molecule has 1 aliphatic carbocycles. The number of primary sulfonamides is 1. The van der Waals surface area contributed by atoms with Gasteiger partial charge in [-0.1, -0.05) is 6.07 Å². The summed E-state index contributed by atoms with van der Waals surface area (Å²) in [5.41, 5.74) is 2.33. The molecule has 6 nitrogen and oxygen atoms in total. The highest BCUT2D eigenvalue weighted by Gasteiger charge is 2.25. The molecular weight excluding hydrogens is 347 g/mol. The fraction of sp³-hybridized carbons (Fsp3) is 0.235. The molecule has 2 aromatic carbocycles. The summed E-state index contributed by atoms with van der Waals surface area (Å²) in [7, 11) is -2.75. The van der Waals surface area contributed by atoms with E-state index in [4.69, 9.17) is 9.88 Å². The van der Waals surface area contributed by atoms with Crippen LogP contribution in [0.25, 0.3) is 0 Å². The Morgan fingerprint density at radius 1 is 1.28 bits per heavy atom. The number of carbonyl (C=O) groups is 1. The van der Waals surface area contributed by atoms with Crippen LogP contribution in [0.5, 0.6) is 0 Å². The van der Waals surface area contributed by atoms with Crippen molar-refractivity contribution in [2.75, 3.05) is 12.4 Å². The van der Waals surface area contributed by atoms with Gasteiger partial charge in [0.05, 0.1) is 23.6 Å². The molecule has 1 atom stereocenters. The van der Waals surface area contributed by atoms with E-state index in [9.17, 15) is 17.6 Å². The van der Waals surface area contributed by atoms with Crippen LogP contribution in [0.3, 0.4) is 0 Å². The van der Waals surface area contributed by atoms with E-state index in [-0.39, 0.29) is 22.3 Å². The van der Waals surface area contributed by atoms with Crippen LogP contribution in [0.4, 0.5) is 10.1 Å². The molecule has 3 rings (SSSR count). The summed E-state index contributed by atoms with van der Waals surface area (Å²) >= 11 is 0. The Balaban J connectivity index is 1.99. The lowest BCUT2D eigenvalue weighted by Gasteiger charge is -2.18. The van der Waals surface area contributed by atoms with Crippen LogP contribution < -0.4 is 10.5 Å². The number of halogens is 1. The number of methoxy groups -OCH3 is 1. The van der Waals surface area contributed by atoms with Crippen molar-refractivity contribution in [2.45, 2.75) is 23.8 Å². The average Bonchev–Trinajstić information content (AvgIpc) is 2.95. The minimum Gasteiger partial charge on any atom is -0.465 e. The third kappa shape index (κ3) is 3.49. The highest BCUT2D eigenvalue weighted by Crippen LogP contribution is 2.35. The number of sulfonamides is 1. The van der Waals surface area contributed by atoms with Gasteiger partial charge in [0.2, 0.25) is 10.0 Å². The van der Waals surface area contributed by atoms with Crippen molar-refractivity contribution < 1.29 is 22.3 Å². The van der Waals surface area contributed by atoms with Crippen molar-refractivity contribution in [2.24, 2.45) is 5.14 Å². The molecule has 1 aliphatic rings. The quantitative estimate of drug-likeness (QED) is 0.812. The molecule has 3 N–H and O–H groups in total. The number of benzene rings is 2. The molecule has 0 bridgehead atoms. The van der Waals surface area contributed by atoms with Crippen LogP contribution in [-0.2, 0) is 21.2 Å². The van der Waals surface area contributed by atoms with E-state index in [1.165, 1.54) is 37.4 Å². The monoisotopic (exact) mass is 364 g/mol. The van der Waals surface area contributed by atoms with Crippen molar-refractivity contribution in [3.8, 4) is 0 Å². The van der Waals surface area contributed by atoms with Gasteiger partial charge in [0.1, 0.15) is 5.82 Å². The predicted octanol–water partition coefficient (Wildman–Crippen LogP) is 2.36. The van der Waals surface area contributed by atoms with Gasteiger partial charge in [0.15, 0.2) is 0 Å². The van der Waals surface area contributed by atoms with Crippen molar-refractivity contribution in [3.63, 3.8) is 0 Å². The fourth-order valence-corrected chi connectivity index (χ4v) is 3.56. The van der Waals surface area contributed by atoms with Crippen LogP contribution >= 0.6 is 0 Å². The molecule has 0 aromatic heterocycles. The number of ether oxygens (including phenoxy) is 1. The first-order valence-electron chi connectivity index (χ1n) is 7.59. The Morgan fingerprint density at radius 2 is 2.04 bits per heavy atom. The number of hydrogen-bond acceptors (Lipinski definition) is 5. The summed E-state index contributed by atoms with van der Waals surface area (Å²) in [4.78, 5) is 11.8. The third-order valence-electron chi connectivity index (χ3n) is 4.24. The number of carbonyl (C=O) groups excluding carboxylic acids is 1. The SMILES string of the molecule is COC(=O)c1cc(S(N)(=O)=O)ccc1NC1CCc2ccc(F)cc21. The van der Waals surface area contributed by atoms with Crippen molar-refractivity contribution >= 4 is 21.7 Å². The molecule has 25 heavy (non-hydrogen) atoms. The Hall–Kier alpha value is -2.45. The average molecular weight is 364 g/mol. The first-order chi connectivity index (χ1) is 11.8. The first-order valence-corrected chi connectivity index (χ1v) is 9.14. The van der Waals surface area contributed by atoms with E-state index >= 15 is 0 Å². The van der Waals surface area contributed by atoms with Gasteiger partial charge in [-0.25, -0.2) is 22.7 Å². The van der Waals surface area contributed by atoms with Gasteiger partial charge in [-0.15, -0.1) is 0 Å². The smallest absolute Gasteiger partial charge is 0.340 e. The maximum Gasteiger partial charge on any atom is 0.340 e. The van der Waals surface area contributed by atoms with Crippen LogP contribution in [-0.4, -0.2) is 21.5 Å². The minimum absolute atomic E-state index is 0.0545. The highest BCUT2D eigenvalue weighted by atomic mass is 32.2. The minimum atomic E-state index is -3.95. The van der Waals surface area contributed by atoms with Gasteiger partial charge >= 0.3 is 5.97 Å². The van der Waals surface area contributed by atoms with Gasteiger partial charge in [-0.2, -0.15) is 0 Å². The lowest BCUT2D eigenvalue weighted by molar-refractivity contribution is 0.0601. The molecule has 0 heterocycles. The number of esters is 1. The van der Waals surface area contributed by atoms with Crippen molar-refractivity contribution in [1.29, 1.82) is 0 Å².